The van der Waals surface area contributed by atoms with Crippen LogP contribution < -0.4 is 10.5 Å². The second-order valence-electron chi connectivity index (χ2n) is 3.73. The second-order valence-corrected chi connectivity index (χ2v) is 4.13. The Morgan fingerprint density at radius 3 is 2.79 bits per heavy atom. The van der Waals surface area contributed by atoms with Crippen molar-refractivity contribution in [3.05, 3.63) is 58.7 Å². The van der Waals surface area contributed by atoms with Gasteiger partial charge in [0.2, 0.25) is 5.88 Å². The molecule has 0 aliphatic carbocycles. The molecule has 0 saturated heterocycles. The Kier molecular flexibility index (Phi) is 4.20. The molecule has 0 bridgehead atoms. The molecule has 2 rings (SSSR count). The number of oxime groups is 1. The molecule has 0 spiro atoms. The van der Waals surface area contributed by atoms with Gasteiger partial charge >= 0.3 is 0 Å². The standard InChI is InChI=1S/C13H12ClN3O2/c14-10-5-2-1-4-9(10)8-19-12-7-3-6-11(16-12)13(15)17-18/h1-7,18H,8H2,(H2,15,17). The fourth-order valence-corrected chi connectivity index (χ4v) is 1.65. The number of halogens is 1. The van der Waals surface area contributed by atoms with E-state index in [-0.39, 0.29) is 5.84 Å². The first-order chi connectivity index (χ1) is 9.20. The summed E-state index contributed by atoms with van der Waals surface area (Å²) in [6.07, 6.45) is 0. The highest BCUT2D eigenvalue weighted by Gasteiger charge is 2.04. The number of aromatic nitrogens is 1. The third-order valence-electron chi connectivity index (χ3n) is 2.43. The fourth-order valence-electron chi connectivity index (χ4n) is 1.46. The van der Waals surface area contributed by atoms with Crippen molar-refractivity contribution < 1.29 is 9.94 Å². The largest absolute Gasteiger partial charge is 0.473 e. The van der Waals surface area contributed by atoms with E-state index in [4.69, 9.17) is 27.3 Å². The highest BCUT2D eigenvalue weighted by Crippen LogP contribution is 2.17. The van der Waals surface area contributed by atoms with Crippen molar-refractivity contribution in [1.82, 2.24) is 4.98 Å². The SMILES string of the molecule is NC(=NO)c1cccc(OCc2ccccc2Cl)n1. The van der Waals surface area contributed by atoms with Crippen LogP contribution in [0.3, 0.4) is 0 Å². The molecule has 19 heavy (non-hydrogen) atoms. The smallest absolute Gasteiger partial charge is 0.214 e. The number of ether oxygens (including phenoxy) is 1. The molecule has 1 heterocycles. The van der Waals surface area contributed by atoms with Crippen molar-refractivity contribution in [3.63, 3.8) is 0 Å². The zero-order valence-corrected chi connectivity index (χ0v) is 10.7. The Morgan fingerprint density at radius 2 is 2.05 bits per heavy atom. The lowest BCUT2D eigenvalue weighted by atomic mass is 10.2. The number of nitrogens with zero attached hydrogens (tertiary/aromatic N) is 2. The molecule has 1 aromatic carbocycles. The van der Waals surface area contributed by atoms with Crippen LogP contribution in [-0.2, 0) is 6.61 Å². The second kappa shape index (κ2) is 6.06. The molecule has 5 nitrogen and oxygen atoms in total. The van der Waals surface area contributed by atoms with E-state index in [2.05, 4.69) is 10.1 Å². The van der Waals surface area contributed by atoms with Crippen LogP contribution in [0.4, 0.5) is 0 Å². The van der Waals surface area contributed by atoms with E-state index in [1.165, 1.54) is 0 Å². The molecular formula is C13H12ClN3O2. The third-order valence-corrected chi connectivity index (χ3v) is 2.80. The van der Waals surface area contributed by atoms with Gasteiger partial charge in [-0.1, -0.05) is 41.0 Å². The van der Waals surface area contributed by atoms with E-state index in [1.54, 1.807) is 24.3 Å². The minimum Gasteiger partial charge on any atom is -0.473 e. The van der Waals surface area contributed by atoms with Crippen LogP contribution in [0.1, 0.15) is 11.3 Å². The highest BCUT2D eigenvalue weighted by molar-refractivity contribution is 6.31. The highest BCUT2D eigenvalue weighted by atomic mass is 35.5. The average Bonchev–Trinajstić information content (AvgIpc) is 2.46. The molecular weight excluding hydrogens is 266 g/mol. The fraction of sp³-hybridized carbons (Fsp3) is 0.0769. The number of pyridine rings is 1. The predicted molar refractivity (Wildman–Crippen MR) is 72.5 cm³/mol. The summed E-state index contributed by atoms with van der Waals surface area (Å²) >= 11 is 6.02. The van der Waals surface area contributed by atoms with Gasteiger partial charge in [-0.3, -0.25) is 0 Å². The summed E-state index contributed by atoms with van der Waals surface area (Å²) in [5.41, 5.74) is 6.66. The Bertz CT molecular complexity index is 602. The summed E-state index contributed by atoms with van der Waals surface area (Å²) in [7, 11) is 0. The van der Waals surface area contributed by atoms with E-state index >= 15 is 0 Å². The first-order valence-electron chi connectivity index (χ1n) is 5.52. The van der Waals surface area contributed by atoms with Crippen molar-refractivity contribution >= 4 is 17.4 Å². The molecule has 0 aliphatic heterocycles. The van der Waals surface area contributed by atoms with Gasteiger partial charge < -0.3 is 15.7 Å². The zero-order valence-electron chi connectivity index (χ0n) is 9.95. The molecule has 6 heteroatoms. The number of rotatable bonds is 4. The van der Waals surface area contributed by atoms with E-state index in [0.717, 1.165) is 5.56 Å². The lowest BCUT2D eigenvalue weighted by molar-refractivity contribution is 0.293. The zero-order chi connectivity index (χ0) is 13.7. The number of nitrogens with two attached hydrogens (primary N) is 1. The maximum Gasteiger partial charge on any atom is 0.214 e. The summed E-state index contributed by atoms with van der Waals surface area (Å²) in [4.78, 5) is 4.11. The van der Waals surface area contributed by atoms with Crippen molar-refractivity contribution in [2.75, 3.05) is 0 Å². The maximum atomic E-state index is 8.59. The van der Waals surface area contributed by atoms with Gasteiger partial charge in [-0.25, -0.2) is 4.98 Å². The average molecular weight is 278 g/mol. The molecule has 0 radical (unpaired) electrons. The van der Waals surface area contributed by atoms with Crippen LogP contribution >= 0.6 is 11.6 Å². The van der Waals surface area contributed by atoms with Crippen LogP contribution in [0, 0.1) is 0 Å². The van der Waals surface area contributed by atoms with E-state index < -0.39 is 0 Å². The number of amidine groups is 1. The summed E-state index contributed by atoms with van der Waals surface area (Å²) < 4.78 is 5.52. The van der Waals surface area contributed by atoms with Crippen molar-refractivity contribution in [2.24, 2.45) is 10.9 Å². The lowest BCUT2D eigenvalue weighted by Crippen LogP contribution is -2.15. The number of hydrogen-bond acceptors (Lipinski definition) is 4. The van der Waals surface area contributed by atoms with Gasteiger partial charge in [-0.15, -0.1) is 0 Å². The lowest BCUT2D eigenvalue weighted by Gasteiger charge is -2.07. The molecule has 0 saturated carbocycles. The first kappa shape index (κ1) is 13.2. The topological polar surface area (TPSA) is 80.7 Å². The van der Waals surface area contributed by atoms with Gasteiger partial charge in [-0.05, 0) is 12.1 Å². The monoisotopic (exact) mass is 277 g/mol. The van der Waals surface area contributed by atoms with Crippen molar-refractivity contribution in [3.8, 4) is 5.88 Å². The predicted octanol–water partition coefficient (Wildman–Crippen LogP) is 2.41. The van der Waals surface area contributed by atoms with Crippen LogP contribution in [0.2, 0.25) is 5.02 Å². The quantitative estimate of drug-likeness (QED) is 0.389. The normalized spacial score (nSPS) is 11.3. The minimum absolute atomic E-state index is 0.0665. The van der Waals surface area contributed by atoms with Gasteiger partial charge in [0.15, 0.2) is 5.84 Å². The van der Waals surface area contributed by atoms with Crippen LogP contribution in [-0.4, -0.2) is 16.0 Å². The van der Waals surface area contributed by atoms with E-state index in [1.807, 2.05) is 18.2 Å². The third kappa shape index (κ3) is 3.35. The molecule has 98 valence electrons. The Morgan fingerprint density at radius 1 is 1.26 bits per heavy atom. The van der Waals surface area contributed by atoms with Gasteiger partial charge in [0.1, 0.15) is 12.3 Å². The molecule has 0 fully saturated rings. The Hall–Kier alpha value is -2.27. The summed E-state index contributed by atoms with van der Waals surface area (Å²) in [5, 5.41) is 12.1. The first-order valence-corrected chi connectivity index (χ1v) is 5.89. The molecule has 3 N–H and O–H groups in total. The van der Waals surface area contributed by atoms with Crippen molar-refractivity contribution in [1.29, 1.82) is 0 Å². The van der Waals surface area contributed by atoms with Crippen LogP contribution in [0.15, 0.2) is 47.6 Å². The van der Waals surface area contributed by atoms with Gasteiger partial charge in [-0.2, -0.15) is 0 Å². The Labute approximate surface area is 115 Å². The van der Waals surface area contributed by atoms with Gasteiger partial charge in [0.25, 0.3) is 0 Å². The van der Waals surface area contributed by atoms with E-state index in [0.29, 0.717) is 23.2 Å². The summed E-state index contributed by atoms with van der Waals surface area (Å²) in [6.45, 7) is 0.298. The van der Waals surface area contributed by atoms with E-state index in [9.17, 15) is 0 Å². The molecule has 0 unspecified atom stereocenters. The maximum absolute atomic E-state index is 8.59. The van der Waals surface area contributed by atoms with Gasteiger partial charge in [0, 0.05) is 16.7 Å². The Balaban J connectivity index is 2.10. The molecule has 0 atom stereocenters. The van der Waals surface area contributed by atoms with Crippen LogP contribution in [0.25, 0.3) is 0 Å². The molecule has 0 amide bonds. The molecule has 0 aliphatic rings. The minimum atomic E-state index is -0.0665. The number of benzene rings is 1. The molecule has 2 aromatic rings. The van der Waals surface area contributed by atoms with Crippen molar-refractivity contribution in [2.45, 2.75) is 6.61 Å². The summed E-state index contributed by atoms with van der Waals surface area (Å²) in [6, 6.07) is 12.4. The molecule has 1 aromatic heterocycles. The number of hydrogen-bond donors (Lipinski definition) is 2. The van der Waals surface area contributed by atoms with Crippen LogP contribution in [0.5, 0.6) is 5.88 Å². The van der Waals surface area contributed by atoms with Gasteiger partial charge in [0.05, 0.1) is 0 Å². The summed E-state index contributed by atoms with van der Waals surface area (Å²) in [5.74, 6) is 0.312.